The summed E-state index contributed by atoms with van der Waals surface area (Å²) in [5, 5.41) is 1.16. The van der Waals surface area contributed by atoms with Gasteiger partial charge in [0.15, 0.2) is 0 Å². The lowest BCUT2D eigenvalue weighted by Crippen LogP contribution is -2.44. The van der Waals surface area contributed by atoms with E-state index in [0.717, 1.165) is 42.5 Å². The summed E-state index contributed by atoms with van der Waals surface area (Å²) in [6.07, 6.45) is 1.55. The van der Waals surface area contributed by atoms with Crippen LogP contribution >= 0.6 is 0 Å². The Bertz CT molecular complexity index is 729. The van der Waals surface area contributed by atoms with Gasteiger partial charge < -0.3 is 15.6 Å². The Balaban J connectivity index is 1.63. The van der Waals surface area contributed by atoms with Crippen molar-refractivity contribution in [2.45, 2.75) is 25.8 Å². The monoisotopic (exact) mass is 342 g/mol. The van der Waals surface area contributed by atoms with E-state index in [1.54, 1.807) is 0 Å². The number of para-hydroxylation sites is 1. The zero-order valence-electron chi connectivity index (χ0n) is 14.9. The van der Waals surface area contributed by atoms with E-state index in [2.05, 4.69) is 17.1 Å². The molecule has 0 aliphatic carbocycles. The number of nitrogens with two attached hydrogens (primary N) is 1. The van der Waals surface area contributed by atoms with Gasteiger partial charge in [-0.25, -0.2) is 0 Å². The zero-order chi connectivity index (χ0) is 18.0. The van der Waals surface area contributed by atoms with Crippen LogP contribution in [0.5, 0.6) is 0 Å². The van der Waals surface area contributed by atoms with Gasteiger partial charge in [0.05, 0.1) is 12.6 Å². The smallest absolute Gasteiger partial charge is 0.231 e. The summed E-state index contributed by atoms with van der Waals surface area (Å²) in [4.78, 5) is 31.1. The fraction of sp³-hybridized carbons (Fsp3) is 0.474. The Morgan fingerprint density at radius 2 is 2.00 bits per heavy atom. The van der Waals surface area contributed by atoms with Crippen molar-refractivity contribution in [2.75, 3.05) is 26.7 Å². The quantitative estimate of drug-likeness (QED) is 0.870. The summed E-state index contributed by atoms with van der Waals surface area (Å²) >= 11 is 0. The molecule has 1 saturated heterocycles. The largest absolute Gasteiger partial charge is 0.369 e. The summed E-state index contributed by atoms with van der Waals surface area (Å²) in [6, 6.07) is 10.2. The SMILES string of the molecule is C[C@@H](c1cc2ccccc2[nH]1)N(C)C(=O)C1CCN(CC(N)=O)CC1. The van der Waals surface area contributed by atoms with E-state index in [4.69, 9.17) is 5.73 Å². The molecular formula is C19H26N4O2. The molecule has 1 fully saturated rings. The minimum atomic E-state index is -0.311. The number of carbonyl (C=O) groups excluding carboxylic acids is 2. The molecule has 6 heteroatoms. The average molecular weight is 342 g/mol. The molecule has 6 nitrogen and oxygen atoms in total. The number of hydrogen-bond donors (Lipinski definition) is 2. The first-order valence-electron chi connectivity index (χ1n) is 8.80. The summed E-state index contributed by atoms with van der Waals surface area (Å²) in [5.74, 6) is -0.125. The van der Waals surface area contributed by atoms with Gasteiger partial charge in [-0.3, -0.25) is 14.5 Å². The van der Waals surface area contributed by atoms with Gasteiger partial charge in [-0.05, 0) is 50.4 Å². The van der Waals surface area contributed by atoms with Gasteiger partial charge in [-0.1, -0.05) is 18.2 Å². The number of benzene rings is 1. The van der Waals surface area contributed by atoms with Crippen molar-refractivity contribution in [3.05, 3.63) is 36.0 Å². The molecule has 3 N–H and O–H groups in total. The highest BCUT2D eigenvalue weighted by atomic mass is 16.2. The van der Waals surface area contributed by atoms with E-state index in [9.17, 15) is 9.59 Å². The molecule has 0 spiro atoms. The third-order valence-corrected chi connectivity index (χ3v) is 5.25. The first kappa shape index (κ1) is 17.5. The van der Waals surface area contributed by atoms with Crippen LogP contribution in [0, 0.1) is 5.92 Å². The lowest BCUT2D eigenvalue weighted by molar-refractivity contribution is -0.137. The molecule has 0 saturated carbocycles. The topological polar surface area (TPSA) is 82.4 Å². The second-order valence-electron chi connectivity index (χ2n) is 6.95. The lowest BCUT2D eigenvalue weighted by atomic mass is 9.94. The normalized spacial score (nSPS) is 17.5. The van der Waals surface area contributed by atoms with Crippen LogP contribution in [0.3, 0.4) is 0 Å². The summed E-state index contributed by atoms with van der Waals surface area (Å²) in [6.45, 7) is 3.81. The van der Waals surface area contributed by atoms with E-state index in [1.807, 2.05) is 42.0 Å². The van der Waals surface area contributed by atoms with Crippen LogP contribution in [0.1, 0.15) is 31.5 Å². The number of amides is 2. The lowest BCUT2D eigenvalue weighted by Gasteiger charge is -2.34. The second kappa shape index (κ2) is 7.27. The van der Waals surface area contributed by atoms with Crippen molar-refractivity contribution in [1.29, 1.82) is 0 Å². The highest BCUT2D eigenvalue weighted by Gasteiger charge is 2.30. The molecule has 2 aromatic rings. The van der Waals surface area contributed by atoms with Gasteiger partial charge in [0.2, 0.25) is 11.8 Å². The van der Waals surface area contributed by atoms with E-state index < -0.39 is 0 Å². The van der Waals surface area contributed by atoms with E-state index in [1.165, 1.54) is 0 Å². The van der Waals surface area contributed by atoms with Crippen LogP contribution in [0.2, 0.25) is 0 Å². The van der Waals surface area contributed by atoms with Crippen LogP contribution < -0.4 is 5.73 Å². The van der Waals surface area contributed by atoms with Crippen molar-refractivity contribution >= 4 is 22.7 Å². The highest BCUT2D eigenvalue weighted by molar-refractivity contribution is 5.82. The van der Waals surface area contributed by atoms with Crippen LogP contribution in [0.15, 0.2) is 30.3 Å². The van der Waals surface area contributed by atoms with Crippen molar-refractivity contribution in [3.8, 4) is 0 Å². The first-order chi connectivity index (χ1) is 12.0. The zero-order valence-corrected chi connectivity index (χ0v) is 14.9. The molecule has 1 aromatic carbocycles. The van der Waals surface area contributed by atoms with Gasteiger partial charge in [0, 0.05) is 24.2 Å². The molecule has 0 bridgehead atoms. The van der Waals surface area contributed by atoms with Crippen LogP contribution in [-0.2, 0) is 9.59 Å². The minimum absolute atomic E-state index is 0.0106. The third-order valence-electron chi connectivity index (χ3n) is 5.25. The van der Waals surface area contributed by atoms with E-state index >= 15 is 0 Å². The molecular weight excluding hydrogens is 316 g/mol. The van der Waals surface area contributed by atoms with Crippen LogP contribution in [0.4, 0.5) is 0 Å². The fourth-order valence-corrected chi connectivity index (χ4v) is 3.57. The van der Waals surface area contributed by atoms with Crippen molar-refractivity contribution in [1.82, 2.24) is 14.8 Å². The maximum atomic E-state index is 12.9. The number of fused-ring (bicyclic) bond motifs is 1. The van der Waals surface area contributed by atoms with Gasteiger partial charge in [0.25, 0.3) is 0 Å². The minimum Gasteiger partial charge on any atom is -0.369 e. The third kappa shape index (κ3) is 3.85. The van der Waals surface area contributed by atoms with Gasteiger partial charge in [-0.15, -0.1) is 0 Å². The van der Waals surface area contributed by atoms with Crippen molar-refractivity contribution in [2.24, 2.45) is 11.7 Å². The maximum Gasteiger partial charge on any atom is 0.231 e. The number of hydrogen-bond acceptors (Lipinski definition) is 3. The molecule has 0 radical (unpaired) electrons. The number of likely N-dealkylation sites (tertiary alicyclic amines) is 1. The van der Waals surface area contributed by atoms with Crippen LogP contribution in [-0.4, -0.2) is 53.3 Å². The molecule has 1 aliphatic heterocycles. The Kier molecular flexibility index (Phi) is 5.08. The van der Waals surface area contributed by atoms with Gasteiger partial charge >= 0.3 is 0 Å². The number of aromatic nitrogens is 1. The number of rotatable bonds is 5. The second-order valence-corrected chi connectivity index (χ2v) is 6.95. The molecule has 1 aromatic heterocycles. The Morgan fingerprint density at radius 1 is 1.32 bits per heavy atom. The number of primary amides is 1. The number of aromatic amines is 1. The van der Waals surface area contributed by atoms with Gasteiger partial charge in [-0.2, -0.15) is 0 Å². The standard InChI is InChI=1S/C19H26N4O2/c1-13(17-11-15-5-3-4-6-16(15)21-17)22(2)19(25)14-7-9-23(10-8-14)12-18(20)24/h3-6,11,13-14,21H,7-10,12H2,1-2H3,(H2,20,24)/t13-/m0/s1. The van der Waals surface area contributed by atoms with E-state index in [0.29, 0.717) is 0 Å². The number of H-pyrrole nitrogens is 1. The maximum absolute atomic E-state index is 12.9. The molecule has 2 amide bonds. The molecule has 1 atom stereocenters. The summed E-state index contributed by atoms with van der Waals surface area (Å²) in [5.41, 5.74) is 7.38. The molecule has 3 rings (SSSR count). The van der Waals surface area contributed by atoms with Crippen LogP contribution in [0.25, 0.3) is 10.9 Å². The van der Waals surface area contributed by atoms with Gasteiger partial charge in [0.1, 0.15) is 0 Å². The van der Waals surface area contributed by atoms with Crippen molar-refractivity contribution < 1.29 is 9.59 Å². The summed E-state index contributed by atoms with van der Waals surface area (Å²) < 4.78 is 0. The summed E-state index contributed by atoms with van der Waals surface area (Å²) in [7, 11) is 1.87. The highest BCUT2D eigenvalue weighted by Crippen LogP contribution is 2.26. The molecule has 25 heavy (non-hydrogen) atoms. The predicted molar refractivity (Wildman–Crippen MR) is 97.8 cm³/mol. The molecule has 0 unspecified atom stereocenters. The molecule has 2 heterocycles. The fourth-order valence-electron chi connectivity index (χ4n) is 3.57. The Labute approximate surface area is 148 Å². The number of piperidine rings is 1. The average Bonchev–Trinajstić information content (AvgIpc) is 3.04. The molecule has 1 aliphatic rings. The first-order valence-corrected chi connectivity index (χ1v) is 8.80. The van der Waals surface area contributed by atoms with Crippen molar-refractivity contribution in [3.63, 3.8) is 0 Å². The Morgan fingerprint density at radius 3 is 2.64 bits per heavy atom. The number of carbonyl (C=O) groups is 2. The Hall–Kier alpha value is -2.34. The van der Waals surface area contributed by atoms with E-state index in [-0.39, 0.29) is 30.3 Å². The predicted octanol–water partition coefficient (Wildman–Crippen LogP) is 1.88. The number of nitrogens with one attached hydrogen (secondary N) is 1. The number of nitrogens with zero attached hydrogens (tertiary/aromatic N) is 2. The molecule has 134 valence electrons.